The van der Waals surface area contributed by atoms with Crippen molar-refractivity contribution in [3.8, 4) is 5.75 Å². The first-order valence-corrected chi connectivity index (χ1v) is 14.7. The third-order valence-electron chi connectivity index (χ3n) is 7.05. The number of carbonyl (C=O) groups is 2. The Bertz CT molecular complexity index is 1490. The molecule has 0 spiro atoms. The van der Waals surface area contributed by atoms with Crippen LogP contribution in [0.5, 0.6) is 5.75 Å². The van der Waals surface area contributed by atoms with E-state index in [1.807, 2.05) is 6.92 Å². The quantitative estimate of drug-likeness (QED) is 0.363. The van der Waals surface area contributed by atoms with Crippen molar-refractivity contribution in [2.75, 3.05) is 36.8 Å². The molecule has 0 fully saturated rings. The lowest BCUT2D eigenvalue weighted by Crippen LogP contribution is -2.50. The number of para-hydroxylation sites is 1. The van der Waals surface area contributed by atoms with Crippen molar-refractivity contribution >= 4 is 33.3 Å². The van der Waals surface area contributed by atoms with Gasteiger partial charge in [0.1, 0.15) is 17.5 Å². The first kappa shape index (κ1) is 29.9. The van der Waals surface area contributed by atoms with Gasteiger partial charge in [-0.3, -0.25) is 9.52 Å². The molecule has 0 radical (unpaired) electrons. The zero-order valence-corrected chi connectivity index (χ0v) is 24.4. The number of ether oxygens (including phenoxy) is 1. The second-order valence-electron chi connectivity index (χ2n) is 10.2. The maximum Gasteiger partial charge on any atom is 0.321 e. The number of nitrogens with one attached hydrogen (secondary N) is 2. The van der Waals surface area contributed by atoms with Crippen LogP contribution in [0.15, 0.2) is 57.9 Å². The van der Waals surface area contributed by atoms with E-state index < -0.39 is 34.1 Å². The normalized spacial score (nSPS) is 18.0. The number of aromatic nitrogens is 1. The third-order valence-corrected chi connectivity index (χ3v) is 8.44. The largest absolute Gasteiger partial charge is 0.485 e. The van der Waals surface area contributed by atoms with Crippen molar-refractivity contribution in [1.82, 2.24) is 15.0 Å². The molecule has 1 aliphatic rings. The smallest absolute Gasteiger partial charge is 0.321 e. The maximum absolute atomic E-state index is 13.7. The molecular weight excluding hydrogens is 550 g/mol. The number of nitrogens with zero attached hydrogens (tertiary/aromatic N) is 3. The molecule has 12 nitrogen and oxygen atoms in total. The number of hydrogen-bond donors (Lipinski definition) is 3. The van der Waals surface area contributed by atoms with Crippen LogP contribution in [0.25, 0.3) is 0 Å². The van der Waals surface area contributed by atoms with Crippen LogP contribution in [0.1, 0.15) is 35.7 Å². The Balaban J connectivity index is 1.69. The van der Waals surface area contributed by atoms with Gasteiger partial charge in [0.2, 0.25) is 0 Å². The van der Waals surface area contributed by atoms with Crippen LogP contribution in [-0.2, 0) is 10.0 Å². The number of fused-ring (bicyclic) bond motifs is 1. The number of hydrogen-bond acceptors (Lipinski definition) is 8. The molecule has 0 unspecified atom stereocenters. The number of amides is 3. The van der Waals surface area contributed by atoms with Crippen molar-refractivity contribution in [2.45, 2.75) is 44.7 Å². The van der Waals surface area contributed by atoms with E-state index in [4.69, 9.17) is 9.26 Å². The number of likely N-dealkylation sites (N-methyl/N-ethyl adjacent to an activating group) is 1. The molecule has 3 N–H and O–H groups in total. The fraction of sp³-hybridized carbons (Fsp3) is 0.393. The van der Waals surface area contributed by atoms with E-state index in [2.05, 4.69) is 15.2 Å². The number of urea groups is 1. The molecule has 3 atom stereocenters. The fourth-order valence-electron chi connectivity index (χ4n) is 4.56. The predicted octanol–water partition coefficient (Wildman–Crippen LogP) is 3.48. The molecule has 0 saturated carbocycles. The summed E-state index contributed by atoms with van der Waals surface area (Å²) in [7, 11) is -2.41. The van der Waals surface area contributed by atoms with Crippen LogP contribution in [0.2, 0.25) is 0 Å². The molecule has 3 aromatic rings. The number of rotatable bonds is 8. The van der Waals surface area contributed by atoms with E-state index in [1.54, 1.807) is 63.1 Å². The standard InChI is InChI=1S/C28H35N5O7S/c1-17-14-33(18(2)16-34)27(35)22-12-9-13-23(31-41(37,38)21-10-7-6-8-11-21)26(22)39-24(17)15-32(5)28(36)29-25-19(3)30-40-20(25)4/h6-13,17-18,24,31,34H,14-16H2,1-5H3,(H,29,36)/t17-,18-,24+/m0/s1. The highest BCUT2D eigenvalue weighted by atomic mass is 32.2. The highest BCUT2D eigenvalue weighted by molar-refractivity contribution is 7.92. The van der Waals surface area contributed by atoms with Gasteiger partial charge in [-0.05, 0) is 45.0 Å². The first-order valence-electron chi connectivity index (χ1n) is 13.2. The molecule has 3 amide bonds. The molecule has 1 aliphatic heterocycles. The summed E-state index contributed by atoms with van der Waals surface area (Å²) in [6, 6.07) is 11.5. The highest BCUT2D eigenvalue weighted by Gasteiger charge is 2.35. The molecule has 4 rings (SSSR count). The van der Waals surface area contributed by atoms with Crippen LogP contribution >= 0.6 is 0 Å². The Morgan fingerprint density at radius 2 is 1.90 bits per heavy atom. The minimum atomic E-state index is -4.01. The van der Waals surface area contributed by atoms with Gasteiger partial charge in [-0.2, -0.15) is 0 Å². The van der Waals surface area contributed by atoms with Crippen molar-refractivity contribution < 1.29 is 32.4 Å². The van der Waals surface area contributed by atoms with Gasteiger partial charge in [0, 0.05) is 19.5 Å². The van der Waals surface area contributed by atoms with Crippen LogP contribution in [0, 0.1) is 19.8 Å². The second kappa shape index (κ2) is 12.2. The molecule has 0 aliphatic carbocycles. The molecule has 41 heavy (non-hydrogen) atoms. The Labute approximate surface area is 239 Å². The fourth-order valence-corrected chi connectivity index (χ4v) is 5.65. The van der Waals surface area contributed by atoms with Gasteiger partial charge in [0.25, 0.3) is 15.9 Å². The summed E-state index contributed by atoms with van der Waals surface area (Å²) >= 11 is 0. The molecular formula is C28H35N5O7S. The topological polar surface area (TPSA) is 154 Å². The zero-order valence-electron chi connectivity index (χ0n) is 23.6. The summed E-state index contributed by atoms with van der Waals surface area (Å²) in [6.45, 7) is 7.09. The summed E-state index contributed by atoms with van der Waals surface area (Å²) in [4.78, 5) is 29.8. The molecule has 220 valence electrons. The minimum absolute atomic E-state index is 0.0447. The van der Waals surface area contributed by atoms with Crippen LogP contribution in [0.3, 0.4) is 0 Å². The number of benzene rings is 2. The Hall–Kier alpha value is -4.10. The van der Waals surface area contributed by atoms with E-state index in [9.17, 15) is 23.1 Å². The van der Waals surface area contributed by atoms with Gasteiger partial charge in [0.05, 0.1) is 35.3 Å². The Morgan fingerprint density at radius 3 is 2.54 bits per heavy atom. The second-order valence-corrected chi connectivity index (χ2v) is 11.9. The molecule has 0 bridgehead atoms. The number of aliphatic hydroxyl groups excluding tert-OH is 1. The van der Waals surface area contributed by atoms with Gasteiger partial charge < -0.3 is 29.5 Å². The SMILES string of the molecule is Cc1noc(C)c1NC(=O)N(C)C[C@H]1Oc2c(NS(=O)(=O)c3ccccc3)cccc2C(=O)N([C@@H](C)CO)C[C@@H]1C. The van der Waals surface area contributed by atoms with Gasteiger partial charge in [0.15, 0.2) is 11.5 Å². The minimum Gasteiger partial charge on any atom is -0.485 e. The van der Waals surface area contributed by atoms with E-state index in [0.717, 1.165) is 0 Å². The number of sulfonamides is 1. The van der Waals surface area contributed by atoms with E-state index in [0.29, 0.717) is 17.1 Å². The molecule has 13 heteroatoms. The molecule has 0 saturated heterocycles. The Morgan fingerprint density at radius 1 is 1.20 bits per heavy atom. The maximum atomic E-state index is 13.7. The van der Waals surface area contributed by atoms with Crippen molar-refractivity contribution in [3.05, 3.63) is 65.5 Å². The van der Waals surface area contributed by atoms with E-state index in [-0.39, 0.29) is 47.5 Å². The summed E-state index contributed by atoms with van der Waals surface area (Å²) in [5, 5.41) is 16.6. The average Bonchev–Trinajstić information content (AvgIpc) is 3.27. The summed E-state index contributed by atoms with van der Waals surface area (Å²) in [6.07, 6.45) is -0.655. The molecule has 1 aromatic heterocycles. The Kier molecular flexibility index (Phi) is 8.88. The monoisotopic (exact) mass is 585 g/mol. The van der Waals surface area contributed by atoms with Crippen molar-refractivity contribution in [3.63, 3.8) is 0 Å². The lowest BCUT2D eigenvalue weighted by Gasteiger charge is -2.38. The van der Waals surface area contributed by atoms with E-state index >= 15 is 0 Å². The van der Waals surface area contributed by atoms with Crippen LogP contribution < -0.4 is 14.8 Å². The predicted molar refractivity (Wildman–Crippen MR) is 152 cm³/mol. The van der Waals surface area contributed by atoms with Gasteiger partial charge in [-0.25, -0.2) is 13.2 Å². The summed E-state index contributed by atoms with van der Waals surface area (Å²) in [5.41, 5.74) is 1.23. The van der Waals surface area contributed by atoms with Crippen LogP contribution in [-0.4, -0.2) is 79.3 Å². The van der Waals surface area contributed by atoms with Crippen LogP contribution in [0.4, 0.5) is 16.2 Å². The molecule has 2 heterocycles. The van der Waals surface area contributed by atoms with Crippen molar-refractivity contribution in [1.29, 1.82) is 0 Å². The average molecular weight is 586 g/mol. The van der Waals surface area contributed by atoms with Gasteiger partial charge in [-0.15, -0.1) is 0 Å². The molecule has 2 aromatic carbocycles. The first-order chi connectivity index (χ1) is 19.4. The van der Waals surface area contributed by atoms with Gasteiger partial charge in [-0.1, -0.05) is 36.3 Å². The van der Waals surface area contributed by atoms with Crippen molar-refractivity contribution in [2.24, 2.45) is 5.92 Å². The zero-order chi connectivity index (χ0) is 29.9. The number of aliphatic hydroxyl groups is 1. The lowest BCUT2D eigenvalue weighted by atomic mass is 9.99. The summed E-state index contributed by atoms with van der Waals surface area (Å²) in [5.74, 6) is -0.203. The number of carbonyl (C=O) groups excluding carboxylic acids is 2. The highest BCUT2D eigenvalue weighted by Crippen LogP contribution is 2.36. The summed E-state index contributed by atoms with van der Waals surface area (Å²) < 4.78 is 40.5. The lowest BCUT2D eigenvalue weighted by molar-refractivity contribution is 0.0373. The van der Waals surface area contributed by atoms with E-state index in [1.165, 1.54) is 23.1 Å². The number of aryl methyl sites for hydroxylation is 2. The van der Waals surface area contributed by atoms with Gasteiger partial charge >= 0.3 is 6.03 Å². The third kappa shape index (κ3) is 6.46. The number of anilines is 2.